The molecular weight excluding hydrogens is 489 g/mol. The number of aliphatic hydroxyl groups is 2. The van der Waals surface area contributed by atoms with Crippen LogP contribution in [0, 0.1) is 5.92 Å². The largest absolute Gasteiger partial charge is 0.416 e. The highest BCUT2D eigenvalue weighted by Crippen LogP contribution is 2.38. The van der Waals surface area contributed by atoms with E-state index in [1.54, 1.807) is 12.3 Å². The zero-order valence-corrected chi connectivity index (χ0v) is 20.1. The van der Waals surface area contributed by atoms with Crippen LogP contribution in [0.5, 0.6) is 0 Å². The molecule has 1 saturated heterocycles. The van der Waals surface area contributed by atoms with Crippen LogP contribution in [-0.2, 0) is 16.6 Å². The lowest BCUT2D eigenvalue weighted by atomic mass is 9.79. The van der Waals surface area contributed by atoms with Crippen LogP contribution >= 0.6 is 0 Å². The molecule has 2 amide bonds. The van der Waals surface area contributed by atoms with Gasteiger partial charge in [-0.3, -0.25) is 19.5 Å². The number of β-amino-alcohol motifs (C(OH)–C–C–N with tert-alkyl or cyclic N) is 1. The van der Waals surface area contributed by atoms with Crippen molar-refractivity contribution in [2.24, 2.45) is 10.9 Å². The summed E-state index contributed by atoms with van der Waals surface area (Å²) in [4.78, 5) is 34.5. The van der Waals surface area contributed by atoms with E-state index in [4.69, 9.17) is 0 Å². The number of nitrogens with zero attached hydrogens (tertiary/aromatic N) is 3. The molecule has 2 heterocycles. The van der Waals surface area contributed by atoms with Crippen LogP contribution < -0.4 is 5.32 Å². The van der Waals surface area contributed by atoms with Gasteiger partial charge < -0.3 is 15.5 Å². The van der Waals surface area contributed by atoms with Gasteiger partial charge >= 0.3 is 6.18 Å². The van der Waals surface area contributed by atoms with Crippen LogP contribution in [0.3, 0.4) is 0 Å². The zero-order valence-electron chi connectivity index (χ0n) is 20.1. The molecule has 1 aromatic carbocycles. The Kier molecular flexibility index (Phi) is 8.05. The highest BCUT2D eigenvalue weighted by atomic mass is 19.4. The van der Waals surface area contributed by atoms with Crippen LogP contribution in [-0.4, -0.2) is 69.9 Å². The number of nitrogens with one attached hydrogen (secondary N) is 1. The number of alkyl halides is 3. The Morgan fingerprint density at radius 3 is 2.59 bits per heavy atom. The van der Waals surface area contributed by atoms with Crippen LogP contribution in [0.25, 0.3) is 0 Å². The molecule has 3 N–H and O–H groups in total. The van der Waals surface area contributed by atoms with E-state index in [0.717, 1.165) is 31.0 Å². The first-order valence-electron chi connectivity index (χ1n) is 12.1. The maximum Gasteiger partial charge on any atom is 0.416 e. The van der Waals surface area contributed by atoms with Crippen molar-refractivity contribution in [2.75, 3.05) is 19.6 Å². The van der Waals surface area contributed by atoms with Crippen molar-refractivity contribution in [3.8, 4) is 0 Å². The second kappa shape index (κ2) is 11.1. The minimum atomic E-state index is -4.58. The molecule has 37 heavy (non-hydrogen) atoms. The normalized spacial score (nSPS) is 26.9. The van der Waals surface area contributed by atoms with Crippen molar-refractivity contribution < 1.29 is 33.0 Å². The molecule has 2 aromatic rings. The Morgan fingerprint density at radius 1 is 1.16 bits per heavy atom. The highest BCUT2D eigenvalue weighted by molar-refractivity contribution is 5.97. The molecule has 2 fully saturated rings. The minimum absolute atomic E-state index is 0.180. The number of carbonyl (C=O) groups is 2. The predicted octanol–water partition coefficient (Wildman–Crippen LogP) is 2.55. The fourth-order valence-corrected chi connectivity index (χ4v) is 4.95. The number of pyridine rings is 1. The van der Waals surface area contributed by atoms with Gasteiger partial charge in [-0.25, -0.2) is 4.99 Å². The van der Waals surface area contributed by atoms with Crippen LogP contribution in [0.1, 0.15) is 47.3 Å². The Balaban J connectivity index is 1.25. The Labute approximate surface area is 212 Å². The second-order valence-corrected chi connectivity index (χ2v) is 9.60. The summed E-state index contributed by atoms with van der Waals surface area (Å²) in [5.41, 5.74) is -1.46. The summed E-state index contributed by atoms with van der Waals surface area (Å²) < 4.78 is 38.5. The average molecular weight is 519 g/mol. The van der Waals surface area contributed by atoms with Gasteiger partial charge in [0.1, 0.15) is 5.60 Å². The third-order valence-corrected chi connectivity index (χ3v) is 7.06. The molecule has 8 nitrogen and oxygen atoms in total. The highest BCUT2D eigenvalue weighted by Gasteiger charge is 2.41. The lowest BCUT2D eigenvalue weighted by Crippen LogP contribution is -2.42. The molecule has 2 atom stereocenters. The first-order valence-corrected chi connectivity index (χ1v) is 12.1. The van der Waals surface area contributed by atoms with E-state index in [0.29, 0.717) is 31.6 Å². The number of aliphatic imine (C=N–C) groups is 1. The monoisotopic (exact) mass is 518 g/mol. The number of halogens is 3. The molecule has 0 bridgehead atoms. The van der Waals surface area contributed by atoms with E-state index in [2.05, 4.69) is 20.2 Å². The maximum atomic E-state index is 12.8. The Bertz CT molecular complexity index is 1130. The van der Waals surface area contributed by atoms with Crippen molar-refractivity contribution in [1.82, 2.24) is 15.2 Å². The van der Waals surface area contributed by atoms with Crippen molar-refractivity contribution >= 4 is 18.0 Å². The standard InChI is InChI=1S/C26H29F3N4O4/c27-26(28,29)19-5-3-4-17(12-19)24(36)32-14-23(35)31-13-18-15-33(16-21(18)34)20-7-9-25(37,10-8-20)22-6-1-2-11-30-22/h1-6,11-13,18,20-21,34,37H,7-10,14-16H2,(H,32,36)/t18?,20?,21-,25?/m0/s1. The maximum absolute atomic E-state index is 12.8. The molecule has 1 saturated carbocycles. The number of hydrogen-bond acceptors (Lipinski definition) is 6. The molecule has 2 aliphatic rings. The van der Waals surface area contributed by atoms with E-state index in [-0.39, 0.29) is 17.5 Å². The summed E-state index contributed by atoms with van der Waals surface area (Å²) in [6, 6.07) is 9.59. The van der Waals surface area contributed by atoms with Gasteiger partial charge in [-0.2, -0.15) is 13.2 Å². The van der Waals surface area contributed by atoms with Gasteiger partial charge in [0.05, 0.1) is 23.9 Å². The van der Waals surface area contributed by atoms with E-state index in [1.807, 2.05) is 12.1 Å². The topological polar surface area (TPSA) is 115 Å². The molecule has 1 aliphatic carbocycles. The number of aliphatic hydroxyl groups excluding tert-OH is 1. The van der Waals surface area contributed by atoms with Gasteiger partial charge in [0.25, 0.3) is 11.8 Å². The number of rotatable bonds is 6. The number of aromatic nitrogens is 1. The van der Waals surface area contributed by atoms with Gasteiger partial charge in [0.2, 0.25) is 0 Å². The van der Waals surface area contributed by atoms with Crippen molar-refractivity contribution in [2.45, 2.75) is 49.6 Å². The fraction of sp³-hybridized carbons (Fsp3) is 0.462. The second-order valence-electron chi connectivity index (χ2n) is 9.60. The summed E-state index contributed by atoms with van der Waals surface area (Å²) in [7, 11) is 0. The fourth-order valence-electron chi connectivity index (χ4n) is 4.95. The summed E-state index contributed by atoms with van der Waals surface area (Å²) >= 11 is 0. The number of amides is 2. The average Bonchev–Trinajstić information content (AvgIpc) is 3.26. The zero-order chi connectivity index (χ0) is 26.6. The predicted molar refractivity (Wildman–Crippen MR) is 129 cm³/mol. The van der Waals surface area contributed by atoms with Crippen molar-refractivity contribution in [3.63, 3.8) is 0 Å². The van der Waals surface area contributed by atoms with Crippen LogP contribution in [0.2, 0.25) is 0 Å². The van der Waals surface area contributed by atoms with Gasteiger partial charge in [-0.15, -0.1) is 0 Å². The number of likely N-dealkylation sites (tertiary alicyclic amines) is 1. The molecule has 1 aromatic heterocycles. The van der Waals surface area contributed by atoms with Gasteiger partial charge in [-0.05, 0) is 56.0 Å². The molecule has 1 unspecified atom stereocenters. The lowest BCUT2D eigenvalue weighted by Gasteiger charge is -2.39. The van der Waals surface area contributed by atoms with Crippen molar-refractivity contribution in [3.05, 3.63) is 65.5 Å². The molecule has 11 heteroatoms. The minimum Gasteiger partial charge on any atom is -0.391 e. The summed E-state index contributed by atoms with van der Waals surface area (Å²) in [6.45, 7) is 0.442. The molecule has 0 spiro atoms. The molecule has 1 aliphatic heterocycles. The first kappa shape index (κ1) is 26.9. The Morgan fingerprint density at radius 2 is 1.92 bits per heavy atom. The Hall–Kier alpha value is -3.15. The van der Waals surface area contributed by atoms with Crippen LogP contribution in [0.15, 0.2) is 53.7 Å². The molecule has 4 rings (SSSR count). The summed E-state index contributed by atoms with van der Waals surface area (Å²) in [6.07, 6.45) is 0.342. The van der Waals surface area contributed by atoms with E-state index >= 15 is 0 Å². The summed E-state index contributed by atoms with van der Waals surface area (Å²) in [5, 5.41) is 23.7. The lowest BCUT2D eigenvalue weighted by molar-refractivity contribution is -0.137. The van der Waals surface area contributed by atoms with Gasteiger partial charge in [0, 0.05) is 43.0 Å². The third-order valence-electron chi connectivity index (χ3n) is 7.06. The van der Waals surface area contributed by atoms with Gasteiger partial charge in [-0.1, -0.05) is 12.1 Å². The van der Waals surface area contributed by atoms with E-state index in [9.17, 15) is 33.0 Å². The van der Waals surface area contributed by atoms with E-state index in [1.165, 1.54) is 12.3 Å². The molecule has 198 valence electrons. The van der Waals surface area contributed by atoms with Crippen molar-refractivity contribution in [1.29, 1.82) is 0 Å². The SMILES string of the molecule is O=C(CNC(=O)c1cccc(C(F)(F)F)c1)N=CC1CN(C2CCC(O)(c3ccccn3)CC2)C[C@@H]1O. The first-order chi connectivity index (χ1) is 17.5. The number of carbonyl (C=O) groups excluding carboxylic acids is 2. The quantitative estimate of drug-likeness (QED) is 0.507. The molecular formula is C26H29F3N4O4. The smallest absolute Gasteiger partial charge is 0.391 e. The van der Waals surface area contributed by atoms with Crippen LogP contribution in [0.4, 0.5) is 13.2 Å². The molecule has 0 radical (unpaired) electrons. The van der Waals surface area contributed by atoms with E-state index < -0.39 is 41.8 Å². The number of benzene rings is 1. The number of hydrogen-bond donors (Lipinski definition) is 3. The third kappa shape index (κ3) is 6.60. The van der Waals surface area contributed by atoms with Gasteiger partial charge in [0.15, 0.2) is 0 Å². The summed E-state index contributed by atoms with van der Waals surface area (Å²) in [5.74, 6) is -1.87.